The maximum absolute atomic E-state index is 14.1. The normalized spacial score (nSPS) is 15.6. The van der Waals surface area contributed by atoms with Crippen molar-refractivity contribution < 1.29 is 32.2 Å². The van der Waals surface area contributed by atoms with Crippen LogP contribution in [0.4, 0.5) is 23.9 Å². The molecule has 5 aromatic rings. The molecule has 1 fully saturated rings. The van der Waals surface area contributed by atoms with Gasteiger partial charge in [0, 0.05) is 18.7 Å². The maximum atomic E-state index is 14.1. The first-order valence-corrected chi connectivity index (χ1v) is 13.6. The molecule has 1 atom stereocenters. The summed E-state index contributed by atoms with van der Waals surface area (Å²) in [5, 5.41) is 9.97. The van der Waals surface area contributed by atoms with Crippen molar-refractivity contribution in [2.75, 3.05) is 32.1 Å². The highest BCUT2D eigenvalue weighted by molar-refractivity contribution is 5.96. The molecule has 2 amide bonds. The van der Waals surface area contributed by atoms with Gasteiger partial charge in [-0.15, -0.1) is 5.10 Å². The van der Waals surface area contributed by atoms with Gasteiger partial charge in [0.1, 0.15) is 18.4 Å². The molecule has 14 heteroatoms. The number of fused-ring (bicyclic) bond motifs is 3. The van der Waals surface area contributed by atoms with Crippen molar-refractivity contribution >= 4 is 34.5 Å². The number of nitrogens with zero attached hydrogens (tertiary/aromatic N) is 5. The number of amides is 2. The highest BCUT2D eigenvalue weighted by Crippen LogP contribution is 2.37. The van der Waals surface area contributed by atoms with E-state index in [9.17, 15) is 22.8 Å². The summed E-state index contributed by atoms with van der Waals surface area (Å²) in [7, 11) is 1.51. The van der Waals surface area contributed by atoms with Crippen LogP contribution in [0.25, 0.3) is 27.9 Å². The van der Waals surface area contributed by atoms with Gasteiger partial charge in [-0.2, -0.15) is 17.7 Å². The summed E-state index contributed by atoms with van der Waals surface area (Å²) in [5.41, 5.74) is 0.297. The Morgan fingerprint density at radius 2 is 1.82 bits per heavy atom. The van der Waals surface area contributed by atoms with Crippen molar-refractivity contribution in [3.8, 4) is 17.1 Å². The molecule has 2 N–H and O–H groups in total. The van der Waals surface area contributed by atoms with Gasteiger partial charge in [0.15, 0.2) is 11.5 Å². The Hall–Kier alpha value is -5.40. The number of aromatic nitrogens is 4. The van der Waals surface area contributed by atoms with Crippen LogP contribution in [0.5, 0.6) is 5.75 Å². The van der Waals surface area contributed by atoms with Crippen LogP contribution in [0.15, 0.2) is 72.8 Å². The number of hydrogen-bond donors (Lipinski definition) is 2. The first-order valence-electron chi connectivity index (χ1n) is 13.6. The predicted molar refractivity (Wildman–Crippen MR) is 154 cm³/mol. The monoisotopic (exact) mass is 605 g/mol. The minimum Gasteiger partial charge on any atom is -0.497 e. The van der Waals surface area contributed by atoms with Gasteiger partial charge in [0.05, 0.1) is 30.1 Å². The summed E-state index contributed by atoms with van der Waals surface area (Å²) in [4.78, 5) is 36.3. The Morgan fingerprint density at radius 1 is 1.05 bits per heavy atom. The highest BCUT2D eigenvalue weighted by atomic mass is 19.4. The van der Waals surface area contributed by atoms with E-state index < -0.39 is 29.8 Å². The third kappa shape index (κ3) is 5.78. The first-order chi connectivity index (χ1) is 21.2. The zero-order chi connectivity index (χ0) is 30.8. The van der Waals surface area contributed by atoms with E-state index in [4.69, 9.17) is 9.47 Å². The fourth-order valence-corrected chi connectivity index (χ4v) is 4.92. The van der Waals surface area contributed by atoms with Gasteiger partial charge < -0.3 is 25.0 Å². The van der Waals surface area contributed by atoms with Gasteiger partial charge in [-0.05, 0) is 42.0 Å². The summed E-state index contributed by atoms with van der Waals surface area (Å²) >= 11 is 0. The summed E-state index contributed by atoms with van der Waals surface area (Å²) in [5.74, 6) is 0.257. The minimum atomic E-state index is -4.69. The van der Waals surface area contributed by atoms with E-state index in [0.29, 0.717) is 11.3 Å². The van der Waals surface area contributed by atoms with E-state index >= 15 is 0 Å². The van der Waals surface area contributed by atoms with Crippen LogP contribution in [-0.4, -0.2) is 69.3 Å². The first kappa shape index (κ1) is 28.7. The fourth-order valence-electron chi connectivity index (χ4n) is 4.92. The molecule has 0 spiro atoms. The van der Waals surface area contributed by atoms with Crippen LogP contribution in [0, 0.1) is 0 Å². The lowest BCUT2D eigenvalue weighted by atomic mass is 10.1. The van der Waals surface area contributed by atoms with E-state index in [1.165, 1.54) is 24.1 Å². The Morgan fingerprint density at radius 3 is 2.55 bits per heavy atom. The number of carbonyl (C=O) groups is 2. The Labute approximate surface area is 248 Å². The number of rotatable bonds is 6. The van der Waals surface area contributed by atoms with Crippen molar-refractivity contribution in [2.45, 2.75) is 18.8 Å². The van der Waals surface area contributed by atoms with Gasteiger partial charge in [-0.3, -0.25) is 4.79 Å². The van der Waals surface area contributed by atoms with Gasteiger partial charge in [-0.1, -0.05) is 36.4 Å². The van der Waals surface area contributed by atoms with Crippen molar-refractivity contribution in [1.29, 1.82) is 0 Å². The summed E-state index contributed by atoms with van der Waals surface area (Å²) in [6.45, 7) is 0.330. The smallest absolute Gasteiger partial charge is 0.417 e. The number of methoxy groups -OCH3 is 1. The summed E-state index contributed by atoms with van der Waals surface area (Å²) < 4.78 is 54.1. The van der Waals surface area contributed by atoms with Crippen molar-refractivity contribution in [3.05, 3.63) is 83.9 Å². The molecule has 44 heavy (non-hydrogen) atoms. The Bertz CT molecular complexity index is 1830. The molecule has 3 aromatic carbocycles. The minimum absolute atomic E-state index is 0.00309. The lowest BCUT2D eigenvalue weighted by Crippen LogP contribution is -2.44. The van der Waals surface area contributed by atoms with Crippen molar-refractivity contribution in [2.24, 2.45) is 0 Å². The Kier molecular flexibility index (Phi) is 7.64. The SMILES string of the molecule is COc1ccc(-c2nc3c4c(C(F)(F)F)cccc4nc(N[C@@H]4CN(C(=O)OCc5ccccc5)CCNC4=O)n3n2)cc1. The molecule has 6 rings (SSSR count). The van der Waals surface area contributed by atoms with E-state index in [1.807, 2.05) is 30.3 Å². The molecular weight excluding hydrogens is 579 g/mol. The van der Waals surface area contributed by atoms with Gasteiger partial charge in [0.2, 0.25) is 11.9 Å². The van der Waals surface area contributed by atoms with Crippen LogP contribution in [0.2, 0.25) is 0 Å². The quantitative estimate of drug-likeness (QED) is 0.290. The third-order valence-corrected chi connectivity index (χ3v) is 7.12. The predicted octanol–water partition coefficient (Wildman–Crippen LogP) is 4.52. The standard InChI is InChI=1S/C30H26F3N7O4/c1-43-20-12-10-19(11-13-20)25-37-26-24-21(30(31,32)33)8-5-9-22(24)35-28(40(26)38-25)36-23-16-39(15-14-34-27(23)41)29(42)44-17-18-6-3-2-4-7-18/h2-13,23H,14-17H2,1H3,(H,34,41)(H,35,36)/t23-/m1/s1. The molecule has 1 aliphatic heterocycles. The van der Waals surface area contributed by atoms with Crippen LogP contribution in [0.3, 0.4) is 0 Å². The number of hydrogen-bond acceptors (Lipinski definition) is 8. The molecule has 1 aliphatic rings. The lowest BCUT2D eigenvalue weighted by molar-refractivity contribution is -0.136. The van der Waals surface area contributed by atoms with Crippen LogP contribution in [-0.2, 0) is 22.3 Å². The number of nitrogens with one attached hydrogen (secondary N) is 2. The zero-order valence-corrected chi connectivity index (χ0v) is 23.3. The van der Waals surface area contributed by atoms with E-state index in [-0.39, 0.29) is 54.6 Å². The lowest BCUT2D eigenvalue weighted by Gasteiger charge is -2.23. The zero-order valence-electron chi connectivity index (χ0n) is 23.3. The van der Waals surface area contributed by atoms with E-state index in [2.05, 4.69) is 25.7 Å². The number of anilines is 1. The summed E-state index contributed by atoms with van der Waals surface area (Å²) in [6, 6.07) is 18.5. The molecular formula is C30H26F3N7O4. The number of carbonyl (C=O) groups excluding carboxylic acids is 2. The second-order valence-corrected chi connectivity index (χ2v) is 10.0. The molecule has 0 radical (unpaired) electrons. The van der Waals surface area contributed by atoms with E-state index in [1.54, 1.807) is 24.3 Å². The molecule has 3 heterocycles. The number of halogens is 3. The van der Waals surface area contributed by atoms with Crippen molar-refractivity contribution in [1.82, 2.24) is 29.8 Å². The topological polar surface area (TPSA) is 123 Å². The van der Waals surface area contributed by atoms with E-state index in [0.717, 1.165) is 16.1 Å². The second kappa shape index (κ2) is 11.7. The molecule has 2 aromatic heterocycles. The molecule has 0 aliphatic carbocycles. The van der Waals surface area contributed by atoms with Crippen LogP contribution < -0.4 is 15.4 Å². The Balaban J connectivity index is 1.37. The third-order valence-electron chi connectivity index (χ3n) is 7.12. The van der Waals surface area contributed by atoms with Crippen molar-refractivity contribution in [3.63, 3.8) is 0 Å². The summed E-state index contributed by atoms with van der Waals surface area (Å²) in [6.07, 6.45) is -5.31. The molecule has 11 nitrogen and oxygen atoms in total. The second-order valence-electron chi connectivity index (χ2n) is 10.0. The fraction of sp³-hybridized carbons (Fsp3) is 0.233. The van der Waals surface area contributed by atoms with Crippen LogP contribution in [0.1, 0.15) is 11.1 Å². The maximum Gasteiger partial charge on any atom is 0.417 e. The highest BCUT2D eigenvalue weighted by Gasteiger charge is 2.35. The number of benzene rings is 3. The number of alkyl halides is 3. The molecule has 226 valence electrons. The van der Waals surface area contributed by atoms with Gasteiger partial charge >= 0.3 is 12.3 Å². The average molecular weight is 606 g/mol. The van der Waals surface area contributed by atoms with Gasteiger partial charge in [-0.25, -0.2) is 14.8 Å². The molecule has 0 unspecified atom stereocenters. The molecule has 0 bridgehead atoms. The molecule has 1 saturated heterocycles. The average Bonchev–Trinajstić information content (AvgIpc) is 3.40. The van der Waals surface area contributed by atoms with Gasteiger partial charge in [0.25, 0.3) is 0 Å². The largest absolute Gasteiger partial charge is 0.497 e. The van der Waals surface area contributed by atoms with Crippen LogP contribution >= 0.6 is 0 Å². The molecule has 0 saturated carbocycles. The number of ether oxygens (including phenoxy) is 2.